The van der Waals surface area contributed by atoms with Gasteiger partial charge in [-0.15, -0.1) is 0 Å². The van der Waals surface area contributed by atoms with E-state index in [0.717, 1.165) is 29.5 Å². The normalized spacial score (nSPS) is 14.5. The molecule has 1 aliphatic carbocycles. The maximum atomic E-state index is 11.9. The standard InChI is InChI=1S/C16H15N3O2/c1-10(20)17-14-9-5-4-8-13(14)15-11-6-2-3-7-12(11)16(21)19-18-15/h2-3,6-9H,4-5H2,1H3,(H,17,20)(H,19,21). The van der Waals surface area contributed by atoms with Gasteiger partial charge in [-0.1, -0.05) is 30.4 Å². The summed E-state index contributed by atoms with van der Waals surface area (Å²) in [6.07, 6.45) is 5.78. The van der Waals surface area contributed by atoms with Gasteiger partial charge in [-0.3, -0.25) is 9.59 Å². The molecular weight excluding hydrogens is 266 g/mol. The van der Waals surface area contributed by atoms with E-state index >= 15 is 0 Å². The van der Waals surface area contributed by atoms with Gasteiger partial charge in [0, 0.05) is 23.6 Å². The second-order valence-electron chi connectivity index (χ2n) is 4.94. The van der Waals surface area contributed by atoms with E-state index < -0.39 is 0 Å². The molecule has 0 spiro atoms. The highest BCUT2D eigenvalue weighted by Gasteiger charge is 2.17. The number of fused-ring (bicyclic) bond motifs is 1. The van der Waals surface area contributed by atoms with Crippen LogP contribution in [0.25, 0.3) is 16.3 Å². The van der Waals surface area contributed by atoms with Crippen molar-refractivity contribution < 1.29 is 4.79 Å². The summed E-state index contributed by atoms with van der Waals surface area (Å²) >= 11 is 0. The van der Waals surface area contributed by atoms with E-state index in [1.807, 2.05) is 30.4 Å². The molecule has 0 atom stereocenters. The van der Waals surface area contributed by atoms with Crippen LogP contribution in [0.4, 0.5) is 0 Å². The summed E-state index contributed by atoms with van der Waals surface area (Å²) in [6.45, 7) is 1.48. The first-order valence-corrected chi connectivity index (χ1v) is 6.83. The second-order valence-corrected chi connectivity index (χ2v) is 4.94. The molecular formula is C16H15N3O2. The molecule has 0 saturated heterocycles. The van der Waals surface area contributed by atoms with Crippen molar-refractivity contribution in [3.8, 4) is 0 Å². The van der Waals surface area contributed by atoms with Crippen molar-refractivity contribution in [1.29, 1.82) is 0 Å². The highest BCUT2D eigenvalue weighted by Crippen LogP contribution is 2.28. The van der Waals surface area contributed by atoms with E-state index in [4.69, 9.17) is 0 Å². The molecule has 1 aliphatic rings. The molecule has 5 nitrogen and oxygen atoms in total. The summed E-state index contributed by atoms with van der Waals surface area (Å²) in [7, 11) is 0. The van der Waals surface area contributed by atoms with Gasteiger partial charge >= 0.3 is 0 Å². The third-order valence-electron chi connectivity index (χ3n) is 3.42. The number of amides is 1. The van der Waals surface area contributed by atoms with Crippen molar-refractivity contribution in [2.45, 2.75) is 19.8 Å². The highest BCUT2D eigenvalue weighted by atomic mass is 16.1. The Labute approximate surface area is 121 Å². The molecule has 2 N–H and O–H groups in total. The Bertz CT molecular complexity index is 831. The number of nitrogens with one attached hydrogen (secondary N) is 2. The molecule has 2 aromatic rings. The van der Waals surface area contributed by atoms with Gasteiger partial charge in [0.25, 0.3) is 5.56 Å². The highest BCUT2D eigenvalue weighted by molar-refractivity contribution is 5.96. The van der Waals surface area contributed by atoms with Gasteiger partial charge < -0.3 is 5.32 Å². The number of aromatic nitrogens is 2. The Balaban J connectivity index is 2.18. The second kappa shape index (κ2) is 5.36. The van der Waals surface area contributed by atoms with E-state index in [-0.39, 0.29) is 11.5 Å². The van der Waals surface area contributed by atoms with Crippen LogP contribution in [0.1, 0.15) is 25.5 Å². The van der Waals surface area contributed by atoms with Crippen LogP contribution in [-0.4, -0.2) is 16.1 Å². The summed E-state index contributed by atoms with van der Waals surface area (Å²) in [5.74, 6) is -0.122. The van der Waals surface area contributed by atoms with Crippen molar-refractivity contribution >= 4 is 22.3 Å². The number of benzene rings is 1. The maximum Gasteiger partial charge on any atom is 0.272 e. The molecule has 3 rings (SSSR count). The minimum Gasteiger partial charge on any atom is -0.326 e. The summed E-state index contributed by atoms with van der Waals surface area (Å²) in [4.78, 5) is 23.2. The molecule has 21 heavy (non-hydrogen) atoms. The molecule has 5 heteroatoms. The largest absolute Gasteiger partial charge is 0.326 e. The first kappa shape index (κ1) is 13.3. The van der Waals surface area contributed by atoms with Crippen LogP contribution in [-0.2, 0) is 4.79 Å². The van der Waals surface area contributed by atoms with E-state index in [1.54, 1.807) is 6.07 Å². The number of aromatic amines is 1. The van der Waals surface area contributed by atoms with E-state index in [1.165, 1.54) is 6.92 Å². The first-order valence-electron chi connectivity index (χ1n) is 6.83. The van der Waals surface area contributed by atoms with Gasteiger partial charge in [0.15, 0.2) is 0 Å². The number of rotatable bonds is 2. The number of hydrogen-bond acceptors (Lipinski definition) is 3. The molecule has 1 heterocycles. The van der Waals surface area contributed by atoms with E-state index in [9.17, 15) is 9.59 Å². The number of hydrogen-bond donors (Lipinski definition) is 2. The van der Waals surface area contributed by atoms with Gasteiger partial charge in [-0.25, -0.2) is 5.10 Å². The Morgan fingerprint density at radius 3 is 2.67 bits per heavy atom. The molecule has 0 radical (unpaired) electrons. The molecule has 0 unspecified atom stereocenters. The van der Waals surface area contributed by atoms with Crippen LogP contribution in [0, 0.1) is 0 Å². The van der Waals surface area contributed by atoms with Crippen LogP contribution < -0.4 is 10.9 Å². The monoisotopic (exact) mass is 281 g/mol. The molecule has 0 aliphatic heterocycles. The maximum absolute atomic E-state index is 11.9. The molecule has 1 aromatic carbocycles. The Morgan fingerprint density at radius 1 is 1.19 bits per heavy atom. The van der Waals surface area contributed by atoms with Crippen molar-refractivity contribution in [2.24, 2.45) is 0 Å². The van der Waals surface area contributed by atoms with Gasteiger partial charge in [0.05, 0.1) is 5.39 Å². The SMILES string of the molecule is CC(=O)NC1=CCCC=C1c1n[nH]c(=O)c2ccccc12. The van der Waals surface area contributed by atoms with Gasteiger partial charge in [0.2, 0.25) is 5.91 Å². The van der Waals surface area contributed by atoms with Crippen molar-refractivity contribution in [1.82, 2.24) is 15.5 Å². The van der Waals surface area contributed by atoms with Crippen molar-refractivity contribution in [2.75, 3.05) is 0 Å². The number of allylic oxidation sites excluding steroid dienone is 3. The summed E-state index contributed by atoms with van der Waals surface area (Å²) in [5, 5.41) is 10.9. The van der Waals surface area contributed by atoms with Crippen LogP contribution >= 0.6 is 0 Å². The fraction of sp³-hybridized carbons (Fsp3) is 0.188. The third-order valence-corrected chi connectivity index (χ3v) is 3.42. The lowest BCUT2D eigenvalue weighted by Gasteiger charge is -2.17. The van der Waals surface area contributed by atoms with Crippen LogP contribution in [0.15, 0.2) is 46.9 Å². The summed E-state index contributed by atoms with van der Waals surface area (Å²) < 4.78 is 0. The Kier molecular flexibility index (Phi) is 3.39. The minimum absolute atomic E-state index is 0.122. The molecule has 106 valence electrons. The Hall–Kier alpha value is -2.69. The van der Waals surface area contributed by atoms with Crippen molar-refractivity contribution in [3.05, 3.63) is 58.2 Å². The Morgan fingerprint density at radius 2 is 1.90 bits per heavy atom. The van der Waals surface area contributed by atoms with Crippen LogP contribution in [0.3, 0.4) is 0 Å². The van der Waals surface area contributed by atoms with Gasteiger partial charge in [-0.2, -0.15) is 5.10 Å². The van der Waals surface area contributed by atoms with Crippen LogP contribution in [0.5, 0.6) is 0 Å². The van der Waals surface area contributed by atoms with Gasteiger partial charge in [-0.05, 0) is 18.9 Å². The number of carbonyl (C=O) groups is 1. The fourth-order valence-electron chi connectivity index (χ4n) is 2.53. The fourth-order valence-corrected chi connectivity index (χ4v) is 2.53. The topological polar surface area (TPSA) is 74.8 Å². The van der Waals surface area contributed by atoms with Crippen molar-refractivity contribution in [3.63, 3.8) is 0 Å². The first-order chi connectivity index (χ1) is 10.2. The molecule has 1 aromatic heterocycles. The molecule has 0 bridgehead atoms. The zero-order valence-corrected chi connectivity index (χ0v) is 11.6. The number of carbonyl (C=O) groups excluding carboxylic acids is 1. The van der Waals surface area contributed by atoms with Crippen LogP contribution in [0.2, 0.25) is 0 Å². The summed E-state index contributed by atoms with van der Waals surface area (Å²) in [5.41, 5.74) is 2.07. The predicted octanol–water partition coefficient (Wildman–Crippen LogP) is 2.12. The lowest BCUT2D eigenvalue weighted by atomic mass is 9.97. The summed E-state index contributed by atoms with van der Waals surface area (Å²) in [6, 6.07) is 7.33. The zero-order valence-electron chi connectivity index (χ0n) is 11.6. The number of nitrogens with zero attached hydrogens (tertiary/aromatic N) is 1. The average Bonchev–Trinajstić information content (AvgIpc) is 2.48. The van der Waals surface area contributed by atoms with E-state index in [2.05, 4.69) is 15.5 Å². The smallest absolute Gasteiger partial charge is 0.272 e. The zero-order chi connectivity index (χ0) is 14.8. The third kappa shape index (κ3) is 2.50. The lowest BCUT2D eigenvalue weighted by molar-refractivity contribution is -0.118. The molecule has 0 saturated carbocycles. The minimum atomic E-state index is -0.212. The quantitative estimate of drug-likeness (QED) is 0.885. The predicted molar refractivity (Wildman–Crippen MR) is 81.5 cm³/mol. The van der Waals surface area contributed by atoms with E-state index in [0.29, 0.717) is 11.1 Å². The molecule has 0 fully saturated rings. The van der Waals surface area contributed by atoms with Gasteiger partial charge in [0.1, 0.15) is 5.69 Å². The lowest BCUT2D eigenvalue weighted by Crippen LogP contribution is -2.22. The molecule has 1 amide bonds. The number of H-pyrrole nitrogens is 1. The average molecular weight is 281 g/mol.